The van der Waals surface area contributed by atoms with Crippen LogP contribution in [0.1, 0.15) is 47.9 Å². The predicted octanol–water partition coefficient (Wildman–Crippen LogP) is 5.97. The SMILES string of the molecule is Cc1ccccc1-[n+]1c(C2CCCC2)sc(-c2ccccc2)c1C. The van der Waals surface area contributed by atoms with Crippen LogP contribution in [-0.2, 0) is 0 Å². The quantitative estimate of drug-likeness (QED) is 0.520. The molecule has 4 rings (SSSR count). The number of benzene rings is 2. The van der Waals surface area contributed by atoms with Crippen LogP contribution in [0.4, 0.5) is 0 Å². The maximum Gasteiger partial charge on any atom is 0.247 e. The number of aromatic nitrogens is 1. The summed E-state index contributed by atoms with van der Waals surface area (Å²) in [7, 11) is 0. The molecule has 0 unspecified atom stereocenters. The van der Waals surface area contributed by atoms with Crippen LogP contribution >= 0.6 is 11.3 Å². The lowest BCUT2D eigenvalue weighted by atomic mass is 10.1. The zero-order valence-electron chi connectivity index (χ0n) is 14.5. The molecular weight excluding hydrogens is 310 g/mol. The summed E-state index contributed by atoms with van der Waals surface area (Å²) >= 11 is 2.00. The topological polar surface area (TPSA) is 3.88 Å². The lowest BCUT2D eigenvalue weighted by Crippen LogP contribution is -2.37. The third-order valence-electron chi connectivity index (χ3n) is 5.19. The van der Waals surface area contributed by atoms with Gasteiger partial charge in [0.1, 0.15) is 4.88 Å². The molecule has 0 spiro atoms. The van der Waals surface area contributed by atoms with E-state index in [1.807, 2.05) is 11.3 Å². The Morgan fingerprint density at radius 2 is 1.54 bits per heavy atom. The monoisotopic (exact) mass is 334 g/mol. The zero-order valence-corrected chi connectivity index (χ0v) is 15.3. The van der Waals surface area contributed by atoms with E-state index < -0.39 is 0 Å². The average molecular weight is 335 g/mol. The van der Waals surface area contributed by atoms with Crippen molar-refractivity contribution in [1.29, 1.82) is 0 Å². The van der Waals surface area contributed by atoms with Crippen molar-refractivity contribution in [3.05, 3.63) is 70.9 Å². The Hall–Kier alpha value is -1.93. The molecular formula is C22H24NS+. The summed E-state index contributed by atoms with van der Waals surface area (Å²) in [5.41, 5.74) is 5.41. The molecule has 1 heterocycles. The predicted molar refractivity (Wildman–Crippen MR) is 102 cm³/mol. The van der Waals surface area contributed by atoms with E-state index in [9.17, 15) is 0 Å². The summed E-state index contributed by atoms with van der Waals surface area (Å²) in [4.78, 5) is 1.42. The molecule has 0 amide bonds. The minimum absolute atomic E-state index is 0.714. The summed E-state index contributed by atoms with van der Waals surface area (Å²) in [5, 5.41) is 1.54. The fourth-order valence-corrected chi connectivity index (χ4v) is 5.33. The van der Waals surface area contributed by atoms with Crippen molar-refractivity contribution in [2.24, 2.45) is 0 Å². The lowest BCUT2D eigenvalue weighted by molar-refractivity contribution is -0.606. The van der Waals surface area contributed by atoms with E-state index in [4.69, 9.17) is 0 Å². The molecule has 1 aliphatic carbocycles. The number of hydrogen-bond donors (Lipinski definition) is 0. The summed E-state index contributed by atoms with van der Waals surface area (Å²) < 4.78 is 2.54. The van der Waals surface area contributed by atoms with Crippen molar-refractivity contribution in [2.75, 3.05) is 0 Å². The molecule has 122 valence electrons. The highest BCUT2D eigenvalue weighted by Gasteiger charge is 2.34. The highest BCUT2D eigenvalue weighted by atomic mass is 32.1. The Kier molecular flexibility index (Phi) is 4.24. The first-order valence-electron chi connectivity index (χ1n) is 8.92. The van der Waals surface area contributed by atoms with Gasteiger partial charge in [-0.2, -0.15) is 4.57 Å². The van der Waals surface area contributed by atoms with E-state index in [0.29, 0.717) is 5.92 Å². The van der Waals surface area contributed by atoms with Crippen molar-refractivity contribution in [3.8, 4) is 16.1 Å². The highest BCUT2D eigenvalue weighted by Crippen LogP contribution is 2.40. The Bertz CT molecular complexity index is 842. The Morgan fingerprint density at radius 3 is 2.25 bits per heavy atom. The first-order valence-corrected chi connectivity index (χ1v) is 9.74. The molecule has 0 bridgehead atoms. The molecule has 0 N–H and O–H groups in total. The molecule has 0 radical (unpaired) electrons. The van der Waals surface area contributed by atoms with Gasteiger partial charge >= 0.3 is 0 Å². The second-order valence-corrected chi connectivity index (χ2v) is 7.85. The second-order valence-electron chi connectivity index (χ2n) is 6.82. The normalized spacial score (nSPS) is 15.1. The number of rotatable bonds is 3. The summed E-state index contributed by atoms with van der Waals surface area (Å²) in [6, 6.07) is 19.6. The molecule has 1 fully saturated rings. The summed E-state index contributed by atoms with van der Waals surface area (Å²) in [6.45, 7) is 4.50. The first kappa shape index (κ1) is 15.6. The van der Waals surface area contributed by atoms with Gasteiger partial charge in [0.25, 0.3) is 0 Å². The van der Waals surface area contributed by atoms with Gasteiger partial charge in [-0.25, -0.2) is 0 Å². The average Bonchev–Trinajstić information content (AvgIpc) is 3.24. The van der Waals surface area contributed by atoms with Crippen molar-refractivity contribution in [1.82, 2.24) is 0 Å². The maximum atomic E-state index is 2.54. The fraction of sp³-hybridized carbons (Fsp3) is 0.318. The molecule has 1 nitrogen and oxygen atoms in total. The van der Waals surface area contributed by atoms with Crippen LogP contribution < -0.4 is 4.57 Å². The molecule has 1 saturated carbocycles. The molecule has 1 aromatic heterocycles. The summed E-state index contributed by atoms with van der Waals surface area (Å²) in [5.74, 6) is 0.714. The van der Waals surface area contributed by atoms with E-state index in [1.165, 1.54) is 58.1 Å². The highest BCUT2D eigenvalue weighted by molar-refractivity contribution is 7.15. The molecule has 0 aliphatic heterocycles. The molecule has 3 aromatic rings. The lowest BCUT2D eigenvalue weighted by Gasteiger charge is -2.06. The van der Waals surface area contributed by atoms with Crippen molar-refractivity contribution in [2.45, 2.75) is 45.4 Å². The Balaban J connectivity index is 1.93. The van der Waals surface area contributed by atoms with E-state index in [0.717, 1.165) is 0 Å². The van der Waals surface area contributed by atoms with Crippen LogP contribution in [0.15, 0.2) is 54.6 Å². The number of aryl methyl sites for hydroxylation is 1. The second kappa shape index (κ2) is 6.52. The van der Waals surface area contributed by atoms with E-state index in [1.54, 1.807) is 0 Å². The van der Waals surface area contributed by atoms with E-state index >= 15 is 0 Å². The van der Waals surface area contributed by atoms with Gasteiger partial charge in [-0.3, -0.25) is 0 Å². The fourth-order valence-electron chi connectivity index (χ4n) is 3.90. The largest absolute Gasteiger partial charge is 0.247 e. The van der Waals surface area contributed by atoms with Gasteiger partial charge < -0.3 is 0 Å². The standard InChI is InChI=1S/C22H24NS/c1-16-10-6-9-15-20(16)23-17(2)21(18-11-4-3-5-12-18)24-22(23)19-13-7-8-14-19/h3-6,9-12,15,19H,7-8,13-14H2,1-2H3/q+1. The molecule has 2 aromatic carbocycles. The number of thiazole rings is 1. The van der Waals surface area contributed by atoms with Crippen LogP contribution in [0.5, 0.6) is 0 Å². The zero-order chi connectivity index (χ0) is 16.5. The van der Waals surface area contributed by atoms with E-state index in [-0.39, 0.29) is 0 Å². The molecule has 1 aliphatic rings. The minimum atomic E-state index is 0.714. The Morgan fingerprint density at radius 1 is 0.875 bits per heavy atom. The van der Waals surface area contributed by atoms with Crippen LogP contribution in [0.3, 0.4) is 0 Å². The van der Waals surface area contributed by atoms with Crippen LogP contribution in [0, 0.1) is 13.8 Å². The van der Waals surface area contributed by atoms with Gasteiger partial charge in [0, 0.05) is 18.6 Å². The minimum Gasteiger partial charge on any atom is -0.151 e. The molecule has 24 heavy (non-hydrogen) atoms. The van der Waals surface area contributed by atoms with E-state index in [2.05, 4.69) is 73.0 Å². The van der Waals surface area contributed by atoms with Gasteiger partial charge in [0.15, 0.2) is 0 Å². The van der Waals surface area contributed by atoms with Crippen LogP contribution in [0.25, 0.3) is 16.1 Å². The van der Waals surface area contributed by atoms with Crippen LogP contribution in [0.2, 0.25) is 0 Å². The van der Waals surface area contributed by atoms with Gasteiger partial charge in [0.2, 0.25) is 16.4 Å². The number of nitrogens with zero attached hydrogens (tertiary/aromatic N) is 1. The van der Waals surface area contributed by atoms with Crippen molar-refractivity contribution in [3.63, 3.8) is 0 Å². The number of hydrogen-bond acceptors (Lipinski definition) is 1. The van der Waals surface area contributed by atoms with Gasteiger partial charge in [0.05, 0.1) is 5.92 Å². The Labute approximate surface area is 148 Å². The third-order valence-corrected chi connectivity index (χ3v) is 6.65. The first-order chi connectivity index (χ1) is 11.8. The molecule has 0 atom stereocenters. The smallest absolute Gasteiger partial charge is 0.151 e. The van der Waals surface area contributed by atoms with Gasteiger partial charge in [-0.15, -0.1) is 0 Å². The number of para-hydroxylation sites is 1. The van der Waals surface area contributed by atoms with Crippen molar-refractivity contribution < 1.29 is 4.57 Å². The van der Waals surface area contributed by atoms with Crippen LogP contribution in [-0.4, -0.2) is 0 Å². The maximum absolute atomic E-state index is 2.54. The van der Waals surface area contributed by atoms with Crippen molar-refractivity contribution >= 4 is 11.3 Å². The van der Waals surface area contributed by atoms with Gasteiger partial charge in [-0.1, -0.05) is 72.7 Å². The molecule has 0 saturated heterocycles. The molecule has 2 heteroatoms. The third kappa shape index (κ3) is 2.69. The van der Waals surface area contributed by atoms with Gasteiger partial charge in [-0.05, 0) is 25.3 Å². The summed E-state index contributed by atoms with van der Waals surface area (Å²) in [6.07, 6.45) is 5.41.